The molecule has 4 bridgehead atoms. The number of urea groups is 1. The van der Waals surface area contributed by atoms with Crippen LogP contribution in [0, 0.1) is 23.7 Å². The first kappa shape index (κ1) is 36.8. The largest absolute Gasteiger partial charge is 0.392 e. The molecular weight excluding hydrogens is 695 g/mol. The van der Waals surface area contributed by atoms with Gasteiger partial charge in [-0.05, 0) is 108 Å². The lowest BCUT2D eigenvalue weighted by atomic mass is 9.53. The number of ether oxygens (including phenoxy) is 2. The molecule has 9 rings (SSSR count). The van der Waals surface area contributed by atoms with Crippen molar-refractivity contribution in [2.24, 2.45) is 23.7 Å². The highest BCUT2D eigenvalue weighted by Gasteiger charge is 2.51. The molecule has 3 amide bonds. The maximum absolute atomic E-state index is 13.3. The monoisotopic (exact) mass is 745 g/mol. The maximum Gasteiger partial charge on any atom is 0.315 e. The molecule has 0 spiro atoms. The number of thioether (sulfide) groups is 1. The number of carbonyl (C=O) groups is 2. The SMILES string of the molecule is CC(=O)Nc1ccc(SC[C@@H]2O[C@H](c3ccc(-c4ccccc4CNC(=O)NC45CC6CC(CC(C6)C4)C5)cc3)O[C@H](c3ccc(CO)cc3)[C@@H]2C)cc1. The Morgan fingerprint density at radius 2 is 1.46 bits per heavy atom. The number of carbonyl (C=O) groups excluding carboxylic acids is 2. The van der Waals surface area contributed by atoms with Crippen LogP contribution in [-0.2, 0) is 27.4 Å². The van der Waals surface area contributed by atoms with E-state index in [0.717, 1.165) is 86.7 Å². The van der Waals surface area contributed by atoms with Crippen molar-refractivity contribution in [2.75, 3.05) is 11.1 Å². The highest BCUT2D eigenvalue weighted by atomic mass is 32.2. The first-order valence-electron chi connectivity index (χ1n) is 19.5. The molecular formula is C45H51N3O5S. The van der Waals surface area contributed by atoms with Gasteiger partial charge >= 0.3 is 6.03 Å². The van der Waals surface area contributed by atoms with Crippen LogP contribution in [0.5, 0.6) is 0 Å². The molecule has 4 aromatic rings. The first-order valence-corrected chi connectivity index (χ1v) is 20.5. The standard InChI is InChI=1S/C45H51N3O5S/c1-28-41(27-54-39-17-15-38(16-18-39)47-29(2)50)52-43(53-42(28)35-9-7-30(26-49)8-10-35)36-13-11-34(12-14-36)40-6-4-3-5-37(40)25-46-44(51)48-45-22-31-19-32(23-45)21-33(20-31)24-45/h3-18,28,31-33,41-43,49H,19-27H2,1-2H3,(H,47,50)(H2,46,48,51)/t28-,31?,32?,33?,41+,42+,43+,45?/m1/s1. The molecule has 4 N–H and O–H groups in total. The quantitative estimate of drug-likeness (QED) is 0.114. The molecule has 54 heavy (non-hydrogen) atoms. The summed E-state index contributed by atoms with van der Waals surface area (Å²) in [5.74, 6) is 3.03. The third-order valence-electron chi connectivity index (χ3n) is 12.1. The zero-order valence-electron chi connectivity index (χ0n) is 31.1. The van der Waals surface area contributed by atoms with Crippen molar-refractivity contribution in [2.45, 2.75) is 94.5 Å². The average Bonchev–Trinajstić information content (AvgIpc) is 3.16. The van der Waals surface area contributed by atoms with Crippen molar-refractivity contribution < 1.29 is 24.2 Å². The summed E-state index contributed by atoms with van der Waals surface area (Å²) >= 11 is 1.72. The molecule has 0 radical (unpaired) electrons. The van der Waals surface area contributed by atoms with Crippen LogP contribution in [0.25, 0.3) is 11.1 Å². The molecule has 282 valence electrons. The van der Waals surface area contributed by atoms with Crippen LogP contribution in [0.3, 0.4) is 0 Å². The Morgan fingerprint density at radius 1 is 0.815 bits per heavy atom. The van der Waals surface area contributed by atoms with Gasteiger partial charge in [-0.2, -0.15) is 0 Å². The molecule has 0 aromatic heterocycles. The number of anilines is 1. The van der Waals surface area contributed by atoms with Gasteiger partial charge in [-0.3, -0.25) is 4.79 Å². The predicted molar refractivity (Wildman–Crippen MR) is 213 cm³/mol. The Labute approximate surface area is 322 Å². The molecule has 9 heteroatoms. The van der Waals surface area contributed by atoms with Crippen molar-refractivity contribution in [3.8, 4) is 11.1 Å². The van der Waals surface area contributed by atoms with E-state index in [1.165, 1.54) is 26.2 Å². The Hall–Kier alpha value is -4.15. The summed E-state index contributed by atoms with van der Waals surface area (Å²) in [5.41, 5.74) is 6.81. The Morgan fingerprint density at radius 3 is 2.11 bits per heavy atom. The first-order chi connectivity index (χ1) is 26.2. The highest BCUT2D eigenvalue weighted by molar-refractivity contribution is 7.99. The second-order valence-corrected chi connectivity index (χ2v) is 17.2. The van der Waals surface area contributed by atoms with Crippen molar-refractivity contribution in [1.29, 1.82) is 0 Å². The van der Waals surface area contributed by atoms with Gasteiger partial charge in [0.25, 0.3) is 0 Å². The van der Waals surface area contributed by atoms with Gasteiger partial charge in [0, 0.05) is 46.8 Å². The summed E-state index contributed by atoms with van der Waals surface area (Å²) in [6.07, 6.45) is 6.56. The summed E-state index contributed by atoms with van der Waals surface area (Å²) in [4.78, 5) is 25.8. The van der Waals surface area contributed by atoms with Gasteiger partial charge in [-0.25, -0.2) is 4.79 Å². The second-order valence-electron chi connectivity index (χ2n) is 16.1. The van der Waals surface area contributed by atoms with Crippen LogP contribution in [-0.4, -0.2) is 34.4 Å². The molecule has 5 fully saturated rings. The van der Waals surface area contributed by atoms with Crippen LogP contribution < -0.4 is 16.0 Å². The fraction of sp³-hybridized carbons (Fsp3) is 0.422. The topological polar surface area (TPSA) is 109 Å². The Bertz CT molecular complexity index is 1900. The summed E-state index contributed by atoms with van der Waals surface area (Å²) < 4.78 is 13.4. The molecule has 4 aliphatic carbocycles. The van der Waals surface area contributed by atoms with Gasteiger partial charge in [0.05, 0.1) is 18.8 Å². The van der Waals surface area contributed by atoms with E-state index < -0.39 is 6.29 Å². The van der Waals surface area contributed by atoms with Crippen molar-refractivity contribution in [3.63, 3.8) is 0 Å². The molecule has 0 unspecified atom stereocenters. The molecule has 8 nitrogen and oxygen atoms in total. The average molecular weight is 746 g/mol. The second kappa shape index (κ2) is 15.9. The van der Waals surface area contributed by atoms with Crippen LogP contribution in [0.15, 0.2) is 102 Å². The van der Waals surface area contributed by atoms with Crippen LogP contribution in [0.4, 0.5) is 10.5 Å². The van der Waals surface area contributed by atoms with Gasteiger partial charge < -0.3 is 30.5 Å². The third-order valence-corrected chi connectivity index (χ3v) is 13.2. The van der Waals surface area contributed by atoms with Crippen LogP contribution in [0.1, 0.15) is 87.0 Å². The van der Waals surface area contributed by atoms with Crippen LogP contribution in [0.2, 0.25) is 0 Å². The molecule has 4 aromatic carbocycles. The molecule has 1 aliphatic heterocycles. The van der Waals surface area contributed by atoms with E-state index in [0.29, 0.717) is 6.54 Å². The van der Waals surface area contributed by atoms with Gasteiger partial charge in [0.1, 0.15) is 0 Å². The minimum Gasteiger partial charge on any atom is -0.392 e. The Kier molecular flexibility index (Phi) is 10.8. The summed E-state index contributed by atoms with van der Waals surface area (Å²) in [7, 11) is 0. The lowest BCUT2D eigenvalue weighted by Crippen LogP contribution is -2.61. The number of nitrogens with one attached hydrogen (secondary N) is 3. The lowest BCUT2D eigenvalue weighted by molar-refractivity contribution is -0.268. The molecule has 5 aliphatic rings. The van der Waals surface area contributed by atoms with E-state index in [2.05, 4.69) is 59.3 Å². The number of benzene rings is 4. The maximum atomic E-state index is 13.3. The van der Waals surface area contributed by atoms with E-state index in [4.69, 9.17) is 9.47 Å². The number of aliphatic hydroxyl groups is 1. The Balaban J connectivity index is 0.955. The fourth-order valence-electron chi connectivity index (χ4n) is 9.83. The number of rotatable bonds is 11. The lowest BCUT2D eigenvalue weighted by Gasteiger charge is -2.56. The van der Waals surface area contributed by atoms with Gasteiger partial charge in [0.2, 0.25) is 5.91 Å². The van der Waals surface area contributed by atoms with E-state index in [9.17, 15) is 14.7 Å². The van der Waals surface area contributed by atoms with Gasteiger partial charge in [0.15, 0.2) is 6.29 Å². The molecule has 4 saturated carbocycles. The predicted octanol–water partition coefficient (Wildman–Crippen LogP) is 9.16. The van der Waals surface area contributed by atoms with E-state index in [1.54, 1.807) is 11.8 Å². The van der Waals surface area contributed by atoms with Crippen LogP contribution >= 0.6 is 11.8 Å². The van der Waals surface area contributed by atoms with Crippen molar-refractivity contribution in [1.82, 2.24) is 10.6 Å². The van der Waals surface area contributed by atoms with E-state index >= 15 is 0 Å². The van der Waals surface area contributed by atoms with Gasteiger partial charge in [-0.15, -0.1) is 11.8 Å². The number of aliphatic hydroxyl groups excluding tert-OH is 1. The minimum atomic E-state index is -0.573. The molecule has 1 saturated heterocycles. The number of hydrogen-bond donors (Lipinski definition) is 4. The molecule has 1 heterocycles. The summed E-state index contributed by atoms with van der Waals surface area (Å²) in [6.45, 7) is 4.12. The number of hydrogen-bond acceptors (Lipinski definition) is 6. The van der Waals surface area contributed by atoms with E-state index in [1.807, 2.05) is 60.7 Å². The third kappa shape index (κ3) is 8.25. The zero-order chi connectivity index (χ0) is 37.2. The summed E-state index contributed by atoms with van der Waals surface area (Å²) in [6, 6.07) is 32.4. The fourth-order valence-corrected chi connectivity index (χ4v) is 10.9. The normalized spacial score (nSPS) is 28.4. The van der Waals surface area contributed by atoms with Crippen molar-refractivity contribution in [3.05, 3.63) is 119 Å². The molecule has 4 atom stereocenters. The van der Waals surface area contributed by atoms with Crippen molar-refractivity contribution >= 4 is 29.4 Å². The zero-order valence-corrected chi connectivity index (χ0v) is 31.9. The van der Waals surface area contributed by atoms with Gasteiger partial charge in [-0.1, -0.05) is 79.7 Å². The highest BCUT2D eigenvalue weighted by Crippen LogP contribution is 2.55. The smallest absolute Gasteiger partial charge is 0.315 e. The summed E-state index contributed by atoms with van der Waals surface area (Å²) in [5, 5.41) is 19.1. The van der Waals surface area contributed by atoms with E-state index in [-0.39, 0.29) is 42.2 Å². The number of amides is 3. The minimum absolute atomic E-state index is 0.00629.